The SMILES string of the molecule is CCOC(=O)c1cnn(-c2ccc(C(=O)N(Cc3cccc(F)c3)CC3CCCO3)cc2)c1C. The molecule has 0 N–H and O–H groups in total. The van der Waals surface area contributed by atoms with Crippen LogP contribution >= 0.6 is 0 Å². The fraction of sp³-hybridized carbons (Fsp3) is 0.346. The molecule has 178 valence electrons. The van der Waals surface area contributed by atoms with Crippen LogP contribution in [0.25, 0.3) is 5.69 Å². The Hall–Kier alpha value is -3.52. The summed E-state index contributed by atoms with van der Waals surface area (Å²) in [6.45, 7) is 5.26. The van der Waals surface area contributed by atoms with Gasteiger partial charge in [-0.25, -0.2) is 13.9 Å². The minimum absolute atomic E-state index is 0.0233. The molecule has 0 saturated carbocycles. The number of amides is 1. The Morgan fingerprint density at radius 2 is 2.03 bits per heavy atom. The Kier molecular flexibility index (Phi) is 7.37. The molecule has 3 aromatic rings. The number of ether oxygens (including phenoxy) is 2. The van der Waals surface area contributed by atoms with E-state index in [1.54, 1.807) is 53.8 Å². The zero-order valence-corrected chi connectivity index (χ0v) is 19.4. The van der Waals surface area contributed by atoms with Crippen molar-refractivity contribution >= 4 is 11.9 Å². The van der Waals surface area contributed by atoms with Crippen LogP contribution in [0.15, 0.2) is 54.7 Å². The summed E-state index contributed by atoms with van der Waals surface area (Å²) in [5.74, 6) is -0.904. The molecule has 1 atom stereocenters. The van der Waals surface area contributed by atoms with Gasteiger partial charge in [-0.15, -0.1) is 0 Å². The van der Waals surface area contributed by atoms with E-state index in [0.717, 1.165) is 24.1 Å². The molecular weight excluding hydrogens is 437 g/mol. The Bertz CT molecular complexity index is 1150. The molecule has 0 radical (unpaired) electrons. The van der Waals surface area contributed by atoms with E-state index in [4.69, 9.17) is 9.47 Å². The third kappa shape index (κ3) is 5.34. The first kappa shape index (κ1) is 23.6. The molecule has 1 saturated heterocycles. The number of rotatable bonds is 8. The normalized spacial score (nSPS) is 15.3. The summed E-state index contributed by atoms with van der Waals surface area (Å²) in [6.07, 6.45) is 3.32. The summed E-state index contributed by atoms with van der Waals surface area (Å²) in [4.78, 5) is 27.2. The Labute approximate surface area is 198 Å². The molecule has 1 aliphatic heterocycles. The molecule has 2 aromatic carbocycles. The fourth-order valence-corrected chi connectivity index (χ4v) is 4.12. The second-order valence-electron chi connectivity index (χ2n) is 8.27. The van der Waals surface area contributed by atoms with Crippen LogP contribution in [0.5, 0.6) is 0 Å². The number of hydrogen-bond acceptors (Lipinski definition) is 5. The molecule has 0 bridgehead atoms. The summed E-state index contributed by atoms with van der Waals surface area (Å²) in [5, 5.41) is 4.30. The highest BCUT2D eigenvalue weighted by atomic mass is 19.1. The topological polar surface area (TPSA) is 73.7 Å². The maximum atomic E-state index is 13.7. The quantitative estimate of drug-likeness (QED) is 0.464. The Morgan fingerprint density at radius 1 is 1.24 bits per heavy atom. The first-order chi connectivity index (χ1) is 16.5. The van der Waals surface area contributed by atoms with Crippen LogP contribution in [0.2, 0.25) is 0 Å². The van der Waals surface area contributed by atoms with Gasteiger partial charge in [-0.05, 0) is 68.7 Å². The monoisotopic (exact) mass is 465 g/mol. The Morgan fingerprint density at radius 3 is 2.71 bits per heavy atom. The number of carbonyl (C=O) groups is 2. The molecule has 7 nitrogen and oxygen atoms in total. The molecule has 1 aliphatic rings. The zero-order chi connectivity index (χ0) is 24.1. The number of aromatic nitrogens is 2. The van der Waals surface area contributed by atoms with Crippen LogP contribution in [0.4, 0.5) is 4.39 Å². The van der Waals surface area contributed by atoms with Gasteiger partial charge in [-0.1, -0.05) is 12.1 Å². The van der Waals surface area contributed by atoms with Gasteiger partial charge in [0.25, 0.3) is 5.91 Å². The molecule has 0 spiro atoms. The van der Waals surface area contributed by atoms with Gasteiger partial charge >= 0.3 is 5.97 Å². The van der Waals surface area contributed by atoms with Crippen LogP contribution in [-0.4, -0.2) is 52.4 Å². The summed E-state index contributed by atoms with van der Waals surface area (Å²) in [5.41, 5.74) is 3.01. The molecule has 2 heterocycles. The van der Waals surface area contributed by atoms with Crippen LogP contribution in [-0.2, 0) is 16.0 Å². The second kappa shape index (κ2) is 10.6. The predicted molar refractivity (Wildman–Crippen MR) is 124 cm³/mol. The molecule has 1 unspecified atom stereocenters. The van der Waals surface area contributed by atoms with Crippen molar-refractivity contribution in [1.29, 1.82) is 0 Å². The molecule has 1 aromatic heterocycles. The smallest absolute Gasteiger partial charge is 0.341 e. The molecule has 8 heteroatoms. The van der Waals surface area contributed by atoms with E-state index in [2.05, 4.69) is 5.10 Å². The van der Waals surface area contributed by atoms with E-state index in [1.807, 2.05) is 6.07 Å². The maximum absolute atomic E-state index is 13.7. The van der Waals surface area contributed by atoms with Gasteiger partial charge in [-0.3, -0.25) is 4.79 Å². The van der Waals surface area contributed by atoms with E-state index >= 15 is 0 Å². The summed E-state index contributed by atoms with van der Waals surface area (Å²) in [7, 11) is 0. The van der Waals surface area contributed by atoms with Crippen LogP contribution < -0.4 is 0 Å². The highest BCUT2D eigenvalue weighted by Gasteiger charge is 2.24. The highest BCUT2D eigenvalue weighted by molar-refractivity contribution is 5.94. The summed E-state index contributed by atoms with van der Waals surface area (Å²) in [6, 6.07) is 13.3. The van der Waals surface area contributed by atoms with Crippen molar-refractivity contribution in [2.24, 2.45) is 0 Å². The minimum atomic E-state index is -0.417. The first-order valence-corrected chi connectivity index (χ1v) is 11.4. The minimum Gasteiger partial charge on any atom is -0.462 e. The zero-order valence-electron chi connectivity index (χ0n) is 19.4. The number of hydrogen-bond donors (Lipinski definition) is 0. The third-order valence-electron chi connectivity index (χ3n) is 5.86. The highest BCUT2D eigenvalue weighted by Crippen LogP contribution is 2.20. The molecular formula is C26H28FN3O4. The van der Waals surface area contributed by atoms with E-state index in [1.165, 1.54) is 18.3 Å². The van der Waals surface area contributed by atoms with Gasteiger partial charge in [0.15, 0.2) is 0 Å². The molecule has 0 aliphatic carbocycles. The number of benzene rings is 2. The lowest BCUT2D eigenvalue weighted by atomic mass is 10.1. The summed E-state index contributed by atoms with van der Waals surface area (Å²) < 4.78 is 26.2. The molecule has 4 rings (SSSR count). The number of esters is 1. The third-order valence-corrected chi connectivity index (χ3v) is 5.86. The number of carbonyl (C=O) groups excluding carboxylic acids is 2. The van der Waals surface area contributed by atoms with Crippen LogP contribution in [0.1, 0.15) is 51.7 Å². The first-order valence-electron chi connectivity index (χ1n) is 11.4. The standard InChI is InChI=1S/C26H28FN3O4/c1-3-33-26(32)24-15-28-30(18(24)2)22-11-9-20(10-12-22)25(31)29(17-23-8-5-13-34-23)16-19-6-4-7-21(27)14-19/h4,6-7,9-12,14-15,23H,3,5,8,13,16-17H2,1-2H3. The lowest BCUT2D eigenvalue weighted by Gasteiger charge is -2.26. The summed E-state index contributed by atoms with van der Waals surface area (Å²) >= 11 is 0. The van der Waals surface area contributed by atoms with Gasteiger partial charge in [0.2, 0.25) is 0 Å². The van der Waals surface area contributed by atoms with E-state index in [0.29, 0.717) is 36.5 Å². The van der Waals surface area contributed by atoms with Gasteiger partial charge in [0, 0.05) is 25.3 Å². The van der Waals surface area contributed by atoms with Gasteiger partial charge in [0.05, 0.1) is 30.3 Å². The van der Waals surface area contributed by atoms with Gasteiger partial charge in [-0.2, -0.15) is 5.10 Å². The predicted octanol–water partition coefficient (Wildman–Crippen LogP) is 4.32. The van der Waals surface area contributed by atoms with Gasteiger partial charge in [0.1, 0.15) is 11.4 Å². The van der Waals surface area contributed by atoms with Crippen molar-refractivity contribution in [2.45, 2.75) is 39.3 Å². The van der Waals surface area contributed by atoms with Crippen LogP contribution in [0.3, 0.4) is 0 Å². The van der Waals surface area contributed by atoms with Crippen molar-refractivity contribution in [2.75, 3.05) is 19.8 Å². The van der Waals surface area contributed by atoms with Crippen molar-refractivity contribution in [3.05, 3.63) is 82.9 Å². The van der Waals surface area contributed by atoms with E-state index in [9.17, 15) is 14.0 Å². The fourth-order valence-electron chi connectivity index (χ4n) is 4.12. The second-order valence-corrected chi connectivity index (χ2v) is 8.27. The largest absolute Gasteiger partial charge is 0.462 e. The van der Waals surface area contributed by atoms with Gasteiger partial charge < -0.3 is 14.4 Å². The Balaban J connectivity index is 1.54. The van der Waals surface area contributed by atoms with Crippen molar-refractivity contribution in [1.82, 2.24) is 14.7 Å². The maximum Gasteiger partial charge on any atom is 0.341 e. The average Bonchev–Trinajstić information content (AvgIpc) is 3.48. The van der Waals surface area contributed by atoms with E-state index < -0.39 is 5.97 Å². The van der Waals surface area contributed by atoms with Crippen molar-refractivity contribution in [3.8, 4) is 5.69 Å². The van der Waals surface area contributed by atoms with Crippen molar-refractivity contribution < 1.29 is 23.5 Å². The van der Waals surface area contributed by atoms with Crippen molar-refractivity contribution in [3.63, 3.8) is 0 Å². The van der Waals surface area contributed by atoms with E-state index in [-0.39, 0.29) is 24.4 Å². The lowest BCUT2D eigenvalue weighted by Crippen LogP contribution is -2.37. The van der Waals surface area contributed by atoms with Crippen LogP contribution in [0, 0.1) is 12.7 Å². The average molecular weight is 466 g/mol. The molecule has 1 fully saturated rings. The number of halogens is 1. The molecule has 34 heavy (non-hydrogen) atoms. The lowest BCUT2D eigenvalue weighted by molar-refractivity contribution is 0.0506. The number of nitrogens with zero attached hydrogens (tertiary/aromatic N) is 3. The molecule has 1 amide bonds.